The minimum absolute atomic E-state index is 0. The number of hydrogen-bond acceptors (Lipinski definition) is 2. The Morgan fingerprint density at radius 2 is 1.62 bits per heavy atom. The minimum atomic E-state index is -1.12. The fraction of sp³-hybridized carbons (Fsp3) is 0.400. The molecule has 5 nitrogen and oxygen atoms in total. The van der Waals surface area contributed by atoms with Gasteiger partial charge in [-0.1, -0.05) is 13.2 Å². The smallest absolute Gasteiger partial charge is 0.363 e. The first-order chi connectivity index (χ1) is 7.02. The Kier molecular flexibility index (Phi) is 9.54. The van der Waals surface area contributed by atoms with Gasteiger partial charge >= 0.3 is 11.9 Å². The van der Waals surface area contributed by atoms with Crippen LogP contribution < -0.4 is 17.3 Å². The predicted octanol–water partition coefficient (Wildman–Crippen LogP) is -3.82. The van der Waals surface area contributed by atoms with E-state index in [0.717, 1.165) is 0 Å². The Hall–Kier alpha value is -1.33. The molecule has 16 heavy (non-hydrogen) atoms. The molecular weight excluding hydrogens is 234 g/mol. The van der Waals surface area contributed by atoms with Crippen molar-refractivity contribution in [3.8, 4) is 0 Å². The molecule has 0 radical (unpaired) electrons. The molecule has 0 aliphatic rings. The van der Waals surface area contributed by atoms with Crippen LogP contribution in [0.2, 0.25) is 0 Å². The number of aliphatic carboxylic acids is 2. The van der Waals surface area contributed by atoms with Gasteiger partial charge in [0, 0.05) is 0 Å². The van der Waals surface area contributed by atoms with Crippen molar-refractivity contribution in [2.45, 2.75) is 12.5 Å². The van der Waals surface area contributed by atoms with Crippen LogP contribution in [0.15, 0.2) is 25.3 Å². The van der Waals surface area contributed by atoms with Gasteiger partial charge in [-0.2, -0.15) is 0 Å². The highest BCUT2D eigenvalue weighted by atomic mass is 35.5. The molecule has 0 amide bonds. The zero-order chi connectivity index (χ0) is 11.8. The molecule has 6 heteroatoms. The largest absolute Gasteiger partial charge is 1.00 e. The third-order valence-corrected chi connectivity index (χ3v) is 1.98. The number of rotatable bonds is 8. The highest BCUT2D eigenvalue weighted by Crippen LogP contribution is 1.88. The van der Waals surface area contributed by atoms with E-state index in [4.69, 9.17) is 10.2 Å². The van der Waals surface area contributed by atoms with E-state index in [9.17, 15) is 9.59 Å². The van der Waals surface area contributed by atoms with Crippen molar-refractivity contribution in [1.29, 1.82) is 0 Å². The number of carboxylic acid groups (broad SMARTS) is 2. The number of hydrogen-bond donors (Lipinski definition) is 3. The molecule has 92 valence electrons. The average molecular weight is 250 g/mol. The van der Waals surface area contributed by atoms with Crippen molar-refractivity contribution in [1.82, 2.24) is 0 Å². The third-order valence-electron chi connectivity index (χ3n) is 1.98. The summed E-state index contributed by atoms with van der Waals surface area (Å²) in [5.41, 5.74) is 0. The van der Waals surface area contributed by atoms with Crippen LogP contribution in [0.3, 0.4) is 0 Å². The molecule has 0 aromatic heterocycles. The summed E-state index contributed by atoms with van der Waals surface area (Å²) in [7, 11) is 0. The SMILES string of the molecule is C=CC[NH+](CC=C)C(CC(=O)O)C(=O)O.[Cl-]. The van der Waals surface area contributed by atoms with E-state index in [1.807, 2.05) is 0 Å². The third kappa shape index (κ3) is 6.21. The van der Waals surface area contributed by atoms with Gasteiger partial charge in [0.1, 0.15) is 6.42 Å². The summed E-state index contributed by atoms with van der Waals surface area (Å²) in [6.45, 7) is 7.81. The van der Waals surface area contributed by atoms with Gasteiger partial charge in [-0.3, -0.25) is 4.79 Å². The van der Waals surface area contributed by atoms with E-state index in [0.29, 0.717) is 18.0 Å². The van der Waals surface area contributed by atoms with Crippen LogP contribution in [0.5, 0.6) is 0 Å². The molecule has 0 spiro atoms. The second-order valence-electron chi connectivity index (χ2n) is 3.13. The number of carboxylic acids is 2. The van der Waals surface area contributed by atoms with Crippen LogP contribution >= 0.6 is 0 Å². The zero-order valence-corrected chi connectivity index (χ0v) is 9.61. The van der Waals surface area contributed by atoms with Crippen molar-refractivity contribution >= 4 is 11.9 Å². The van der Waals surface area contributed by atoms with Crippen LogP contribution in [0, 0.1) is 0 Å². The fourth-order valence-electron chi connectivity index (χ4n) is 1.32. The minimum Gasteiger partial charge on any atom is -1.00 e. The molecule has 0 aliphatic carbocycles. The quantitative estimate of drug-likeness (QED) is 0.385. The van der Waals surface area contributed by atoms with E-state index in [-0.39, 0.29) is 12.4 Å². The lowest BCUT2D eigenvalue weighted by atomic mass is 10.1. The van der Waals surface area contributed by atoms with Gasteiger partial charge in [-0.15, -0.1) is 0 Å². The lowest BCUT2D eigenvalue weighted by Crippen LogP contribution is -3.16. The molecule has 1 atom stereocenters. The number of carbonyl (C=O) groups is 2. The molecule has 0 aromatic carbocycles. The lowest BCUT2D eigenvalue weighted by molar-refractivity contribution is -0.904. The second kappa shape index (κ2) is 8.94. The predicted molar refractivity (Wildman–Crippen MR) is 54.8 cm³/mol. The number of halogens is 1. The highest BCUT2D eigenvalue weighted by Gasteiger charge is 2.30. The zero-order valence-electron chi connectivity index (χ0n) is 8.86. The molecule has 0 aliphatic heterocycles. The van der Waals surface area contributed by atoms with Crippen molar-refractivity contribution in [2.24, 2.45) is 0 Å². The highest BCUT2D eigenvalue weighted by molar-refractivity contribution is 5.79. The number of nitrogens with one attached hydrogen (secondary N) is 1. The standard InChI is InChI=1S/C10H15NO4.ClH/c1-3-5-11(6-4-2)8(10(14)15)7-9(12)13;/h3-4,8H,1-2,5-7H2,(H,12,13)(H,14,15);1H. The van der Waals surface area contributed by atoms with Gasteiger partial charge < -0.3 is 27.5 Å². The Bertz CT molecular complexity index is 258. The van der Waals surface area contributed by atoms with E-state index < -0.39 is 24.4 Å². The van der Waals surface area contributed by atoms with Crippen LogP contribution in [0.4, 0.5) is 0 Å². The first-order valence-corrected chi connectivity index (χ1v) is 4.53. The van der Waals surface area contributed by atoms with Gasteiger partial charge in [0.15, 0.2) is 6.04 Å². The van der Waals surface area contributed by atoms with Crippen molar-refractivity contribution in [3.63, 3.8) is 0 Å². The Morgan fingerprint density at radius 3 is 1.88 bits per heavy atom. The molecule has 0 fully saturated rings. The summed E-state index contributed by atoms with van der Waals surface area (Å²) >= 11 is 0. The molecule has 3 N–H and O–H groups in total. The fourth-order valence-corrected chi connectivity index (χ4v) is 1.32. The van der Waals surface area contributed by atoms with Gasteiger partial charge in [0.05, 0.1) is 13.1 Å². The van der Waals surface area contributed by atoms with Crippen LogP contribution in [-0.2, 0) is 9.59 Å². The Morgan fingerprint density at radius 1 is 1.19 bits per heavy atom. The topological polar surface area (TPSA) is 79.0 Å². The summed E-state index contributed by atoms with van der Waals surface area (Å²) < 4.78 is 0. The van der Waals surface area contributed by atoms with Gasteiger partial charge in [0.25, 0.3) is 0 Å². The molecule has 0 bridgehead atoms. The van der Waals surface area contributed by atoms with Crippen molar-refractivity contribution < 1.29 is 37.1 Å². The summed E-state index contributed by atoms with van der Waals surface area (Å²) in [4.78, 5) is 22.0. The lowest BCUT2D eigenvalue weighted by Gasteiger charge is -2.22. The van der Waals surface area contributed by atoms with E-state index >= 15 is 0 Å². The van der Waals surface area contributed by atoms with E-state index in [1.165, 1.54) is 0 Å². The van der Waals surface area contributed by atoms with Crippen molar-refractivity contribution in [2.75, 3.05) is 13.1 Å². The van der Waals surface area contributed by atoms with Crippen LogP contribution in [-0.4, -0.2) is 41.3 Å². The molecule has 0 rings (SSSR count). The average Bonchev–Trinajstić information content (AvgIpc) is 2.13. The summed E-state index contributed by atoms with van der Waals surface area (Å²) in [6.07, 6.45) is 2.74. The first-order valence-electron chi connectivity index (χ1n) is 4.53. The second-order valence-corrected chi connectivity index (χ2v) is 3.13. The Balaban J connectivity index is 0. The molecule has 1 unspecified atom stereocenters. The van der Waals surface area contributed by atoms with E-state index in [2.05, 4.69) is 13.2 Å². The van der Waals surface area contributed by atoms with Crippen LogP contribution in [0.25, 0.3) is 0 Å². The molecule has 0 saturated carbocycles. The summed E-state index contributed by atoms with van der Waals surface area (Å²) in [5, 5.41) is 17.5. The first kappa shape index (κ1) is 17.1. The Labute approximate surface area is 100 Å². The van der Waals surface area contributed by atoms with Gasteiger partial charge in [-0.25, -0.2) is 4.79 Å². The monoisotopic (exact) mass is 249 g/mol. The van der Waals surface area contributed by atoms with Gasteiger partial charge in [0.2, 0.25) is 0 Å². The van der Waals surface area contributed by atoms with Crippen LogP contribution in [0.1, 0.15) is 6.42 Å². The maximum atomic E-state index is 10.9. The normalized spacial score (nSPS) is 11.3. The van der Waals surface area contributed by atoms with Gasteiger partial charge in [-0.05, 0) is 12.2 Å². The molecule has 0 heterocycles. The maximum absolute atomic E-state index is 10.9. The van der Waals surface area contributed by atoms with E-state index in [1.54, 1.807) is 12.2 Å². The molecular formula is C10H16ClNO4. The summed E-state index contributed by atoms with van der Waals surface area (Å²) in [6, 6.07) is -0.960. The maximum Gasteiger partial charge on any atom is 0.363 e. The number of quaternary nitrogens is 1. The molecule has 0 aromatic rings. The molecule has 0 saturated heterocycles. The summed E-state index contributed by atoms with van der Waals surface area (Å²) in [5.74, 6) is -2.23. The van der Waals surface area contributed by atoms with Crippen molar-refractivity contribution in [3.05, 3.63) is 25.3 Å².